The quantitative estimate of drug-likeness (QED) is 0.703. The molecule has 0 aliphatic carbocycles. The van der Waals surface area contributed by atoms with E-state index in [2.05, 4.69) is 20.2 Å². The number of nitrogens with zero attached hydrogens (tertiary/aromatic N) is 6. The molecule has 0 fully saturated rings. The van der Waals surface area contributed by atoms with Crippen molar-refractivity contribution < 1.29 is 14.0 Å². The molecule has 4 rings (SSSR count). The smallest absolute Gasteiger partial charge is 0.252 e. The third-order valence-corrected chi connectivity index (χ3v) is 3.03. The summed E-state index contributed by atoms with van der Waals surface area (Å²) in [6.45, 7) is 0.454. The Labute approximate surface area is 123 Å². The van der Waals surface area contributed by atoms with E-state index >= 15 is 0 Å². The Hall–Kier alpha value is -3.41. The van der Waals surface area contributed by atoms with Crippen molar-refractivity contribution in [1.82, 2.24) is 24.9 Å². The molecular formula is C13H8N6O3. The summed E-state index contributed by atoms with van der Waals surface area (Å²) in [5.41, 5.74) is 0.760. The highest BCUT2D eigenvalue weighted by Crippen LogP contribution is 2.35. The average molecular weight is 296 g/mol. The average Bonchev–Trinajstić information content (AvgIpc) is 3.27. The molecule has 1 aliphatic heterocycles. The molecule has 0 N–H and O–H groups in total. The number of aromatic nitrogens is 5. The van der Waals surface area contributed by atoms with Crippen molar-refractivity contribution in [2.24, 2.45) is 0 Å². The maximum absolute atomic E-state index is 8.68. The summed E-state index contributed by atoms with van der Waals surface area (Å²) in [6.07, 6.45) is 1.43. The van der Waals surface area contributed by atoms with Crippen LogP contribution in [0.4, 0.5) is 0 Å². The highest BCUT2D eigenvalue weighted by atomic mass is 16.7. The van der Waals surface area contributed by atoms with Gasteiger partial charge in [0.25, 0.3) is 5.82 Å². The molecule has 0 unspecified atom stereocenters. The van der Waals surface area contributed by atoms with Crippen molar-refractivity contribution >= 4 is 0 Å². The fourth-order valence-electron chi connectivity index (χ4n) is 2.03. The molecule has 2 aromatic heterocycles. The van der Waals surface area contributed by atoms with E-state index in [1.54, 1.807) is 12.1 Å². The molecule has 0 bridgehead atoms. The number of rotatable bonds is 3. The summed E-state index contributed by atoms with van der Waals surface area (Å²) in [4.78, 5) is 8.10. The van der Waals surface area contributed by atoms with Crippen molar-refractivity contribution in [1.29, 1.82) is 5.26 Å². The molecule has 0 amide bonds. The number of hydrogen-bond acceptors (Lipinski definition) is 8. The van der Waals surface area contributed by atoms with Crippen LogP contribution in [-0.4, -0.2) is 31.7 Å². The zero-order chi connectivity index (χ0) is 14.9. The Kier molecular flexibility index (Phi) is 2.72. The van der Waals surface area contributed by atoms with Crippen molar-refractivity contribution in [2.45, 2.75) is 6.54 Å². The third kappa shape index (κ3) is 2.12. The van der Waals surface area contributed by atoms with Crippen molar-refractivity contribution in [3.63, 3.8) is 0 Å². The van der Waals surface area contributed by atoms with Gasteiger partial charge < -0.3 is 14.0 Å². The molecule has 0 saturated carbocycles. The van der Waals surface area contributed by atoms with E-state index in [-0.39, 0.29) is 19.2 Å². The maximum atomic E-state index is 8.68. The predicted molar refractivity (Wildman–Crippen MR) is 69.7 cm³/mol. The molecular weight excluding hydrogens is 288 g/mol. The molecule has 108 valence electrons. The first-order chi connectivity index (χ1) is 10.8. The minimum atomic E-state index is 0.0931. The Bertz CT molecular complexity index is 878. The van der Waals surface area contributed by atoms with Gasteiger partial charge in [0.2, 0.25) is 18.5 Å². The number of hydrogen-bond donors (Lipinski definition) is 0. The highest BCUT2D eigenvalue weighted by Gasteiger charge is 2.16. The number of fused-ring (bicyclic) bond motifs is 1. The van der Waals surface area contributed by atoms with Gasteiger partial charge in [-0.2, -0.15) is 10.2 Å². The second-order valence-electron chi connectivity index (χ2n) is 4.46. The van der Waals surface area contributed by atoms with Gasteiger partial charge in [0.15, 0.2) is 11.5 Å². The summed E-state index contributed by atoms with van der Waals surface area (Å²) < 4.78 is 17.2. The molecule has 0 radical (unpaired) electrons. The Morgan fingerprint density at radius 3 is 3.05 bits per heavy atom. The lowest BCUT2D eigenvalue weighted by Gasteiger charge is -1.97. The van der Waals surface area contributed by atoms with Gasteiger partial charge in [0, 0.05) is 5.56 Å². The lowest BCUT2D eigenvalue weighted by molar-refractivity contribution is 0.174. The summed E-state index contributed by atoms with van der Waals surface area (Å²) in [6, 6.07) is 7.27. The van der Waals surface area contributed by atoms with Crippen LogP contribution < -0.4 is 9.47 Å². The minimum absolute atomic E-state index is 0.0931. The summed E-state index contributed by atoms with van der Waals surface area (Å²) in [5, 5.41) is 16.5. The van der Waals surface area contributed by atoms with E-state index in [9.17, 15) is 0 Å². The van der Waals surface area contributed by atoms with Gasteiger partial charge in [0.1, 0.15) is 18.9 Å². The second kappa shape index (κ2) is 4.85. The molecule has 9 heteroatoms. The molecule has 0 saturated heterocycles. The monoisotopic (exact) mass is 296 g/mol. The summed E-state index contributed by atoms with van der Waals surface area (Å²) in [5.74, 6) is 2.24. The number of ether oxygens (including phenoxy) is 2. The molecule has 1 aliphatic rings. The minimum Gasteiger partial charge on any atom is -0.454 e. The maximum Gasteiger partial charge on any atom is 0.252 e. The van der Waals surface area contributed by atoms with Crippen LogP contribution in [0.15, 0.2) is 29.0 Å². The first-order valence-corrected chi connectivity index (χ1v) is 6.34. The molecule has 3 aromatic rings. The number of nitriles is 1. The van der Waals surface area contributed by atoms with Crippen LogP contribution in [0.3, 0.4) is 0 Å². The van der Waals surface area contributed by atoms with Crippen LogP contribution in [0, 0.1) is 11.3 Å². The Morgan fingerprint density at radius 2 is 2.18 bits per heavy atom. The molecule has 0 atom stereocenters. The normalized spacial score (nSPS) is 12.3. The van der Waals surface area contributed by atoms with Crippen molar-refractivity contribution in [3.8, 4) is 29.0 Å². The summed E-state index contributed by atoms with van der Waals surface area (Å²) in [7, 11) is 0. The van der Waals surface area contributed by atoms with Crippen molar-refractivity contribution in [3.05, 3.63) is 36.2 Å². The van der Waals surface area contributed by atoms with E-state index in [0.717, 1.165) is 5.56 Å². The first-order valence-electron chi connectivity index (χ1n) is 6.34. The van der Waals surface area contributed by atoms with Crippen LogP contribution in [0.25, 0.3) is 11.4 Å². The molecule has 3 heterocycles. The molecule has 1 aromatic carbocycles. The van der Waals surface area contributed by atoms with Gasteiger partial charge in [-0.3, -0.25) is 0 Å². The van der Waals surface area contributed by atoms with E-state index in [0.29, 0.717) is 23.2 Å². The highest BCUT2D eigenvalue weighted by molar-refractivity contribution is 5.61. The number of benzene rings is 1. The third-order valence-electron chi connectivity index (χ3n) is 3.03. The Morgan fingerprint density at radius 1 is 1.27 bits per heavy atom. The largest absolute Gasteiger partial charge is 0.454 e. The van der Waals surface area contributed by atoms with E-state index < -0.39 is 0 Å². The lowest BCUT2D eigenvalue weighted by Crippen LogP contribution is -2.00. The molecule has 22 heavy (non-hydrogen) atoms. The zero-order valence-electron chi connectivity index (χ0n) is 11.1. The first kappa shape index (κ1) is 12.3. The zero-order valence-corrected chi connectivity index (χ0v) is 11.1. The van der Waals surface area contributed by atoms with Gasteiger partial charge in [-0.05, 0) is 18.2 Å². The SMILES string of the molecule is N#Cc1ncn(Cc2nc(-c3ccc4c(c3)OCO4)no2)n1. The van der Waals surface area contributed by atoms with Gasteiger partial charge in [-0.15, -0.1) is 5.10 Å². The van der Waals surface area contributed by atoms with Gasteiger partial charge >= 0.3 is 0 Å². The summed E-state index contributed by atoms with van der Waals surface area (Å²) >= 11 is 0. The van der Waals surface area contributed by atoms with Crippen LogP contribution >= 0.6 is 0 Å². The van der Waals surface area contributed by atoms with E-state index in [4.69, 9.17) is 19.3 Å². The van der Waals surface area contributed by atoms with E-state index in [1.165, 1.54) is 11.0 Å². The second-order valence-corrected chi connectivity index (χ2v) is 4.46. The molecule has 9 nitrogen and oxygen atoms in total. The topological polar surface area (TPSA) is 112 Å². The lowest BCUT2D eigenvalue weighted by atomic mass is 10.2. The Balaban J connectivity index is 1.57. The standard InChI is InChI=1S/C13H8N6O3/c14-4-11-15-6-19(17-11)5-12-16-13(18-22-12)8-1-2-9-10(3-8)21-7-20-9/h1-3,6H,5,7H2. The predicted octanol–water partition coefficient (Wildman–Crippen LogP) is 0.977. The van der Waals surface area contributed by atoms with Gasteiger partial charge in [0.05, 0.1) is 0 Å². The van der Waals surface area contributed by atoms with Gasteiger partial charge in [-0.1, -0.05) is 5.16 Å². The van der Waals surface area contributed by atoms with E-state index in [1.807, 2.05) is 12.1 Å². The van der Waals surface area contributed by atoms with Gasteiger partial charge in [-0.25, -0.2) is 9.67 Å². The van der Waals surface area contributed by atoms with Crippen LogP contribution in [0.2, 0.25) is 0 Å². The van der Waals surface area contributed by atoms with Crippen LogP contribution in [0.5, 0.6) is 11.5 Å². The van der Waals surface area contributed by atoms with Crippen LogP contribution in [-0.2, 0) is 6.54 Å². The van der Waals surface area contributed by atoms with Crippen molar-refractivity contribution in [2.75, 3.05) is 6.79 Å². The molecule has 0 spiro atoms. The van der Waals surface area contributed by atoms with Crippen LogP contribution in [0.1, 0.15) is 11.7 Å². The fourth-order valence-corrected chi connectivity index (χ4v) is 2.03. The fraction of sp³-hybridized carbons (Fsp3) is 0.154.